The highest BCUT2D eigenvalue weighted by Gasteiger charge is 2.17. The Balaban J connectivity index is 1.77. The van der Waals surface area contributed by atoms with Crippen LogP contribution in [0.1, 0.15) is 62.8 Å². The van der Waals surface area contributed by atoms with Gasteiger partial charge in [0.25, 0.3) is 0 Å². The minimum Gasteiger partial charge on any atom is -0.493 e. The molecule has 0 bridgehead atoms. The highest BCUT2D eigenvalue weighted by atomic mass is 16.5. The Morgan fingerprint density at radius 1 is 0.525 bits per heavy atom. The summed E-state index contributed by atoms with van der Waals surface area (Å²) in [6.45, 7) is 8.17. The van der Waals surface area contributed by atoms with Crippen molar-refractivity contribution in [3.05, 3.63) is 70.8 Å². The number of rotatable bonds is 14. The molecule has 0 spiro atoms. The van der Waals surface area contributed by atoms with Crippen molar-refractivity contribution in [2.24, 2.45) is 0 Å². The first-order valence-electron chi connectivity index (χ1n) is 13.7. The van der Waals surface area contributed by atoms with Crippen LogP contribution in [0.3, 0.4) is 0 Å². The molecule has 0 aliphatic rings. The molecule has 0 aromatic heterocycles. The van der Waals surface area contributed by atoms with E-state index in [0.717, 1.165) is 35.1 Å². The van der Waals surface area contributed by atoms with Crippen LogP contribution in [0.25, 0.3) is 24.3 Å². The van der Waals surface area contributed by atoms with Crippen LogP contribution < -0.4 is 28.4 Å². The Bertz CT molecular complexity index is 1240. The van der Waals surface area contributed by atoms with E-state index in [1.54, 1.807) is 28.4 Å². The normalized spacial score (nSPS) is 11.4. The molecule has 0 radical (unpaired) electrons. The predicted octanol–water partition coefficient (Wildman–Crippen LogP) is 8.42. The third kappa shape index (κ3) is 7.98. The Labute approximate surface area is 239 Å². The van der Waals surface area contributed by atoms with Crippen molar-refractivity contribution in [3.8, 4) is 34.5 Å². The van der Waals surface area contributed by atoms with E-state index in [4.69, 9.17) is 28.4 Å². The van der Waals surface area contributed by atoms with Crippen molar-refractivity contribution >= 4 is 24.3 Å². The summed E-state index contributed by atoms with van der Waals surface area (Å²) in [6.07, 6.45) is 10.1. The molecule has 0 saturated heterocycles. The molecule has 6 nitrogen and oxygen atoms in total. The van der Waals surface area contributed by atoms with Crippen molar-refractivity contribution in [1.82, 2.24) is 0 Å². The highest BCUT2D eigenvalue weighted by molar-refractivity contribution is 5.75. The zero-order valence-electron chi connectivity index (χ0n) is 24.9. The lowest BCUT2D eigenvalue weighted by molar-refractivity contribution is 0.177. The van der Waals surface area contributed by atoms with E-state index in [2.05, 4.69) is 50.3 Å². The van der Waals surface area contributed by atoms with Gasteiger partial charge in [-0.25, -0.2) is 0 Å². The third-order valence-corrected chi connectivity index (χ3v) is 6.39. The summed E-state index contributed by atoms with van der Waals surface area (Å²) in [5.74, 6) is 3.83. The molecule has 3 rings (SSSR count). The fourth-order valence-corrected chi connectivity index (χ4v) is 4.19. The van der Waals surface area contributed by atoms with E-state index >= 15 is 0 Å². The smallest absolute Gasteiger partial charge is 0.203 e. The van der Waals surface area contributed by atoms with E-state index in [9.17, 15) is 0 Å². The van der Waals surface area contributed by atoms with Crippen LogP contribution in [0, 0.1) is 0 Å². The standard InChI is InChI=1S/C34H42O6/c1-9-28(10-2)40-34-31(37-7)21-27(22-32(34)38-8)18-16-25-13-11-24(12-14-25)15-17-26-19-29(35-5)33(39-23(3)4)30(20-26)36-6/h11-23,28H,9-10H2,1-8H3. The summed E-state index contributed by atoms with van der Waals surface area (Å²) in [4.78, 5) is 0. The topological polar surface area (TPSA) is 55.4 Å². The minimum absolute atomic E-state index is 0.00791. The maximum atomic E-state index is 6.19. The molecule has 0 aliphatic heterocycles. The lowest BCUT2D eigenvalue weighted by Gasteiger charge is -2.20. The van der Waals surface area contributed by atoms with Gasteiger partial charge in [0.05, 0.1) is 40.6 Å². The third-order valence-electron chi connectivity index (χ3n) is 6.39. The lowest BCUT2D eigenvalue weighted by atomic mass is 10.1. The van der Waals surface area contributed by atoms with Crippen molar-refractivity contribution in [1.29, 1.82) is 0 Å². The monoisotopic (exact) mass is 546 g/mol. The SMILES string of the molecule is CCC(CC)Oc1c(OC)cc(C=Cc2ccc(C=Cc3cc(OC)c(OC(C)C)c(OC)c3)cc2)cc1OC. The first-order chi connectivity index (χ1) is 19.3. The van der Waals surface area contributed by atoms with Gasteiger partial charge in [0, 0.05) is 0 Å². The van der Waals surface area contributed by atoms with Crippen molar-refractivity contribution < 1.29 is 28.4 Å². The van der Waals surface area contributed by atoms with E-state index < -0.39 is 0 Å². The number of ether oxygens (including phenoxy) is 6. The molecule has 0 saturated carbocycles. The molecular formula is C34H42O6. The second kappa shape index (κ2) is 14.9. The van der Waals surface area contributed by atoms with Gasteiger partial charge in [0.1, 0.15) is 0 Å². The van der Waals surface area contributed by atoms with E-state index in [1.807, 2.05) is 50.3 Å². The lowest BCUT2D eigenvalue weighted by Crippen LogP contribution is -2.15. The van der Waals surface area contributed by atoms with Gasteiger partial charge in [-0.15, -0.1) is 0 Å². The number of hydrogen-bond acceptors (Lipinski definition) is 6. The fourth-order valence-electron chi connectivity index (χ4n) is 4.19. The van der Waals surface area contributed by atoms with Gasteiger partial charge >= 0.3 is 0 Å². The molecule has 0 atom stereocenters. The fraction of sp³-hybridized carbons (Fsp3) is 0.353. The van der Waals surface area contributed by atoms with Gasteiger partial charge in [0.15, 0.2) is 23.0 Å². The van der Waals surface area contributed by atoms with E-state index in [0.29, 0.717) is 34.5 Å². The first-order valence-corrected chi connectivity index (χ1v) is 13.7. The summed E-state index contributed by atoms with van der Waals surface area (Å²) >= 11 is 0. The number of benzene rings is 3. The second-order valence-electron chi connectivity index (χ2n) is 9.57. The van der Waals surface area contributed by atoms with Crippen LogP contribution in [0.5, 0.6) is 34.5 Å². The quantitative estimate of drug-likeness (QED) is 0.189. The molecule has 3 aromatic rings. The summed E-state index contributed by atoms with van der Waals surface area (Å²) in [6, 6.07) is 16.1. The molecule has 214 valence electrons. The molecule has 0 amide bonds. The van der Waals surface area contributed by atoms with Gasteiger partial charge in [-0.2, -0.15) is 0 Å². The minimum atomic E-state index is 0.00791. The molecule has 0 fully saturated rings. The van der Waals surface area contributed by atoms with Gasteiger partial charge in [-0.1, -0.05) is 62.4 Å². The Morgan fingerprint density at radius 2 is 0.850 bits per heavy atom. The van der Waals surface area contributed by atoms with Crippen LogP contribution in [0.4, 0.5) is 0 Å². The molecule has 0 aliphatic carbocycles. The van der Waals surface area contributed by atoms with Crippen LogP contribution in [-0.4, -0.2) is 40.6 Å². The molecule has 0 unspecified atom stereocenters. The van der Waals surface area contributed by atoms with E-state index in [-0.39, 0.29) is 12.2 Å². The van der Waals surface area contributed by atoms with Crippen LogP contribution in [0.2, 0.25) is 0 Å². The van der Waals surface area contributed by atoms with Crippen LogP contribution >= 0.6 is 0 Å². The largest absolute Gasteiger partial charge is 0.493 e. The van der Waals surface area contributed by atoms with Crippen LogP contribution in [-0.2, 0) is 0 Å². The van der Waals surface area contributed by atoms with Crippen LogP contribution in [0.15, 0.2) is 48.5 Å². The Hall–Kier alpha value is -4.06. The zero-order chi connectivity index (χ0) is 29.1. The molecule has 0 heterocycles. The van der Waals surface area contributed by atoms with Crippen molar-refractivity contribution in [2.75, 3.05) is 28.4 Å². The second-order valence-corrected chi connectivity index (χ2v) is 9.57. The number of hydrogen-bond donors (Lipinski definition) is 0. The van der Waals surface area contributed by atoms with Crippen molar-refractivity contribution in [3.63, 3.8) is 0 Å². The summed E-state index contributed by atoms with van der Waals surface area (Å²) < 4.78 is 34.5. The van der Waals surface area contributed by atoms with Gasteiger partial charge in [-0.05, 0) is 73.2 Å². The van der Waals surface area contributed by atoms with Gasteiger partial charge in [-0.3, -0.25) is 0 Å². The zero-order valence-corrected chi connectivity index (χ0v) is 24.9. The maximum Gasteiger partial charge on any atom is 0.203 e. The molecule has 6 heteroatoms. The first kappa shape index (κ1) is 30.5. The van der Waals surface area contributed by atoms with E-state index in [1.165, 1.54) is 0 Å². The summed E-state index contributed by atoms with van der Waals surface area (Å²) in [7, 11) is 6.55. The van der Waals surface area contributed by atoms with Crippen molar-refractivity contribution in [2.45, 2.75) is 52.7 Å². The van der Waals surface area contributed by atoms with Gasteiger partial charge < -0.3 is 28.4 Å². The molecule has 40 heavy (non-hydrogen) atoms. The Kier molecular flexibility index (Phi) is 11.4. The summed E-state index contributed by atoms with van der Waals surface area (Å²) in [5, 5.41) is 0. The maximum absolute atomic E-state index is 6.19. The predicted molar refractivity (Wildman–Crippen MR) is 164 cm³/mol. The van der Waals surface area contributed by atoms with Gasteiger partial charge in [0.2, 0.25) is 11.5 Å². The average Bonchev–Trinajstić information content (AvgIpc) is 2.98. The molecule has 0 N–H and O–H groups in total. The molecular weight excluding hydrogens is 504 g/mol. The average molecular weight is 547 g/mol. The number of methoxy groups -OCH3 is 4. The highest BCUT2D eigenvalue weighted by Crippen LogP contribution is 2.41. The Morgan fingerprint density at radius 3 is 1.15 bits per heavy atom. The summed E-state index contributed by atoms with van der Waals surface area (Å²) in [5.41, 5.74) is 4.06. The molecule has 3 aromatic carbocycles.